The minimum Gasteiger partial charge on any atom is -0.317 e. The minimum absolute atomic E-state index is 0.164. The van der Waals surface area contributed by atoms with Gasteiger partial charge in [-0.25, -0.2) is 0 Å². The van der Waals surface area contributed by atoms with Gasteiger partial charge in [-0.1, -0.05) is 27.7 Å². The molecule has 0 unspecified atom stereocenters. The number of carbonyl (C=O) groups is 1. The Morgan fingerprint density at radius 3 is 2.76 bits per heavy atom. The van der Waals surface area contributed by atoms with Gasteiger partial charge < -0.3 is 4.57 Å². The van der Waals surface area contributed by atoms with Gasteiger partial charge in [0.2, 0.25) is 0 Å². The Balaban J connectivity index is 1.76. The van der Waals surface area contributed by atoms with Crippen LogP contribution in [0.15, 0.2) is 68.7 Å². The molecule has 1 amide bonds. The summed E-state index contributed by atoms with van der Waals surface area (Å²) in [5.74, 6) is -0.215. The molecule has 0 bridgehead atoms. The molecule has 0 atom stereocenters. The lowest BCUT2D eigenvalue weighted by Gasteiger charge is -2.25. The summed E-state index contributed by atoms with van der Waals surface area (Å²) in [6.07, 6.45) is 3.65. The molecular formula is C18H13BrN4OS. The predicted molar refractivity (Wildman–Crippen MR) is 105 cm³/mol. The van der Waals surface area contributed by atoms with Gasteiger partial charge in [0.05, 0.1) is 5.57 Å². The van der Waals surface area contributed by atoms with Crippen molar-refractivity contribution in [1.29, 1.82) is 5.41 Å². The van der Waals surface area contributed by atoms with Crippen LogP contribution >= 0.6 is 27.7 Å². The molecule has 0 fully saturated rings. The Morgan fingerprint density at radius 2 is 2.00 bits per heavy atom. The van der Waals surface area contributed by atoms with Crippen molar-refractivity contribution in [2.45, 2.75) is 6.92 Å². The average molecular weight is 413 g/mol. The van der Waals surface area contributed by atoms with Gasteiger partial charge in [0.15, 0.2) is 5.17 Å². The average Bonchev–Trinajstić information content (AvgIpc) is 3.19. The molecule has 0 saturated heterocycles. The summed E-state index contributed by atoms with van der Waals surface area (Å²) in [5.41, 5.74) is 2.99. The fourth-order valence-corrected chi connectivity index (χ4v) is 3.86. The third-order valence-corrected chi connectivity index (χ3v) is 5.43. The van der Waals surface area contributed by atoms with E-state index in [4.69, 9.17) is 5.41 Å². The second-order valence-corrected chi connectivity index (χ2v) is 7.35. The molecule has 0 saturated carbocycles. The number of aromatic nitrogens is 1. The van der Waals surface area contributed by atoms with Crippen molar-refractivity contribution < 1.29 is 4.79 Å². The van der Waals surface area contributed by atoms with E-state index in [0.717, 1.165) is 21.6 Å². The normalized spacial score (nSPS) is 18.5. The highest BCUT2D eigenvalue weighted by Crippen LogP contribution is 2.32. The summed E-state index contributed by atoms with van der Waals surface area (Å²) < 4.78 is 2.98. The number of fused-ring (bicyclic) bond motifs is 1. The van der Waals surface area contributed by atoms with Crippen molar-refractivity contribution in [2.24, 2.45) is 4.99 Å². The zero-order valence-corrected chi connectivity index (χ0v) is 15.6. The summed E-state index contributed by atoms with van der Waals surface area (Å²) >= 11 is 4.80. The standard InChI is InChI=1S/C18H13BrN4OS/c1-11-10-25-18-21-17(24)15(16(20)23(11)18)9-14-3-2-8-22(14)13-6-4-12(19)5-7-13/h2-10,20H,1H3/b15-9-,20-16?. The van der Waals surface area contributed by atoms with E-state index < -0.39 is 0 Å². The Morgan fingerprint density at radius 1 is 1.24 bits per heavy atom. The second-order valence-electron chi connectivity index (χ2n) is 5.60. The van der Waals surface area contributed by atoms with Crippen LogP contribution in [0.1, 0.15) is 12.6 Å². The number of allylic oxidation sites excluding steroid dienone is 1. The summed E-state index contributed by atoms with van der Waals surface area (Å²) in [7, 11) is 0. The van der Waals surface area contributed by atoms with E-state index in [-0.39, 0.29) is 17.3 Å². The quantitative estimate of drug-likeness (QED) is 0.743. The summed E-state index contributed by atoms with van der Waals surface area (Å²) in [5, 5.41) is 10.9. The molecule has 1 N–H and O–H groups in total. The molecule has 25 heavy (non-hydrogen) atoms. The van der Waals surface area contributed by atoms with Crippen molar-refractivity contribution in [3.63, 3.8) is 0 Å². The first-order chi connectivity index (χ1) is 12.0. The number of amides is 1. The van der Waals surface area contributed by atoms with Gasteiger partial charge in [0.25, 0.3) is 5.91 Å². The number of hydrogen-bond acceptors (Lipinski definition) is 3. The molecule has 2 aromatic rings. The van der Waals surface area contributed by atoms with E-state index in [9.17, 15) is 4.79 Å². The fourth-order valence-electron chi connectivity index (χ4n) is 2.74. The van der Waals surface area contributed by atoms with Crippen LogP contribution in [0.4, 0.5) is 0 Å². The number of carbonyl (C=O) groups excluding carboxylic acids is 1. The molecule has 1 aromatic carbocycles. The molecule has 0 aliphatic carbocycles. The summed E-state index contributed by atoms with van der Waals surface area (Å²) in [6, 6.07) is 11.7. The Kier molecular flexibility index (Phi) is 3.97. The van der Waals surface area contributed by atoms with Crippen molar-refractivity contribution in [1.82, 2.24) is 9.47 Å². The third-order valence-electron chi connectivity index (χ3n) is 3.96. The van der Waals surface area contributed by atoms with Gasteiger partial charge in [-0.15, -0.1) is 0 Å². The molecule has 7 heteroatoms. The molecule has 0 radical (unpaired) electrons. The fraction of sp³-hybridized carbons (Fsp3) is 0.0556. The predicted octanol–water partition coefficient (Wildman–Crippen LogP) is 4.41. The summed E-state index contributed by atoms with van der Waals surface area (Å²) in [4.78, 5) is 18.2. The van der Waals surface area contributed by atoms with E-state index >= 15 is 0 Å². The topological polar surface area (TPSA) is 61.5 Å². The molecule has 3 heterocycles. The number of halogens is 1. The number of nitrogens with one attached hydrogen (secondary N) is 1. The third kappa shape index (κ3) is 2.79. The monoisotopic (exact) mass is 412 g/mol. The number of amidine groups is 2. The van der Waals surface area contributed by atoms with E-state index in [0.29, 0.717) is 5.17 Å². The van der Waals surface area contributed by atoms with E-state index in [1.165, 1.54) is 11.8 Å². The Hall–Kier alpha value is -2.38. The van der Waals surface area contributed by atoms with Crippen molar-refractivity contribution in [3.05, 3.63) is 69.4 Å². The van der Waals surface area contributed by atoms with Gasteiger partial charge >= 0.3 is 0 Å². The number of rotatable bonds is 2. The maximum absolute atomic E-state index is 12.4. The molecule has 2 aliphatic rings. The largest absolute Gasteiger partial charge is 0.317 e. The van der Waals surface area contributed by atoms with Crippen LogP contribution in [-0.4, -0.2) is 26.4 Å². The first-order valence-corrected chi connectivity index (χ1v) is 9.22. The second kappa shape index (κ2) is 6.16. The van der Waals surface area contributed by atoms with Gasteiger partial charge in [-0.3, -0.25) is 15.1 Å². The van der Waals surface area contributed by atoms with Crippen molar-refractivity contribution in [3.8, 4) is 5.69 Å². The number of benzene rings is 1. The van der Waals surface area contributed by atoms with Crippen molar-refractivity contribution >= 4 is 50.7 Å². The highest BCUT2D eigenvalue weighted by atomic mass is 79.9. The number of hydrogen-bond donors (Lipinski definition) is 1. The molecule has 5 nitrogen and oxygen atoms in total. The smallest absolute Gasteiger partial charge is 0.283 e. The van der Waals surface area contributed by atoms with Crippen LogP contribution in [0.3, 0.4) is 0 Å². The molecule has 124 valence electrons. The Labute approximate surface area is 157 Å². The summed E-state index contributed by atoms with van der Waals surface area (Å²) in [6.45, 7) is 1.90. The lowest BCUT2D eigenvalue weighted by atomic mass is 10.1. The maximum Gasteiger partial charge on any atom is 0.283 e. The molecule has 2 aliphatic heterocycles. The van der Waals surface area contributed by atoms with E-state index in [1.54, 1.807) is 11.0 Å². The molecular weight excluding hydrogens is 400 g/mol. The first kappa shape index (κ1) is 16.1. The highest BCUT2D eigenvalue weighted by Gasteiger charge is 2.34. The molecule has 1 aromatic heterocycles. The number of aliphatic imine (C=N–C) groups is 1. The van der Waals surface area contributed by atoms with Crippen LogP contribution in [0.2, 0.25) is 0 Å². The lowest BCUT2D eigenvalue weighted by Crippen LogP contribution is -2.37. The van der Waals surface area contributed by atoms with E-state index in [1.807, 2.05) is 59.5 Å². The van der Waals surface area contributed by atoms with Crippen molar-refractivity contribution in [2.75, 3.05) is 0 Å². The van der Waals surface area contributed by atoms with E-state index in [2.05, 4.69) is 20.9 Å². The SMILES string of the molecule is CC1=CSC2=NC(=O)/C(=C\c3cccn3-c3ccc(Br)cc3)C(=N)N12. The number of nitrogens with zero attached hydrogens (tertiary/aromatic N) is 3. The van der Waals surface area contributed by atoms with Crippen LogP contribution < -0.4 is 0 Å². The first-order valence-electron chi connectivity index (χ1n) is 7.55. The van der Waals surface area contributed by atoms with Gasteiger partial charge in [-0.05, 0) is 54.8 Å². The minimum atomic E-state index is -0.379. The Bertz CT molecular complexity index is 985. The van der Waals surface area contributed by atoms with Crippen LogP contribution in [0.5, 0.6) is 0 Å². The lowest BCUT2D eigenvalue weighted by molar-refractivity contribution is -0.114. The maximum atomic E-state index is 12.4. The zero-order chi connectivity index (χ0) is 17.6. The highest BCUT2D eigenvalue weighted by molar-refractivity contribution is 9.10. The van der Waals surface area contributed by atoms with Crippen LogP contribution in [-0.2, 0) is 4.79 Å². The van der Waals surface area contributed by atoms with Crippen LogP contribution in [0.25, 0.3) is 11.8 Å². The van der Waals surface area contributed by atoms with Crippen LogP contribution in [0, 0.1) is 5.41 Å². The van der Waals surface area contributed by atoms with Gasteiger partial charge in [0, 0.05) is 27.7 Å². The zero-order valence-electron chi connectivity index (χ0n) is 13.2. The molecule has 4 rings (SSSR count). The van der Waals surface area contributed by atoms with Gasteiger partial charge in [0.1, 0.15) is 5.84 Å². The number of thioether (sulfide) groups is 1. The molecule has 0 spiro atoms. The van der Waals surface area contributed by atoms with Gasteiger partial charge in [-0.2, -0.15) is 4.99 Å².